The molecule has 3 nitrogen and oxygen atoms in total. The predicted molar refractivity (Wildman–Crippen MR) is 67.5 cm³/mol. The molecule has 1 aromatic carbocycles. The van der Waals surface area contributed by atoms with Gasteiger partial charge in [-0.05, 0) is 37.3 Å². The first-order chi connectivity index (χ1) is 8.98. The molecular formula is C13H13F3N2O. The average molecular weight is 270 g/mol. The molecular weight excluding hydrogens is 257 g/mol. The molecule has 2 aromatic rings. The standard InChI is InChI=1S/C13H13F3N2O/c1-2-17-12-6-3-9-7-10(4-5-11(9)18-12)19-8-13(14,15)16/h3-7H,2,8H2,1H3,(H,17,18). The molecule has 0 bridgehead atoms. The lowest BCUT2D eigenvalue weighted by molar-refractivity contribution is -0.153. The van der Waals surface area contributed by atoms with E-state index in [0.29, 0.717) is 5.52 Å². The van der Waals surface area contributed by atoms with Crippen molar-refractivity contribution in [2.75, 3.05) is 18.5 Å². The maximum atomic E-state index is 12.0. The van der Waals surface area contributed by atoms with Gasteiger partial charge in [0.1, 0.15) is 11.6 Å². The van der Waals surface area contributed by atoms with Crippen molar-refractivity contribution in [2.24, 2.45) is 0 Å². The lowest BCUT2D eigenvalue weighted by atomic mass is 10.2. The maximum Gasteiger partial charge on any atom is 0.422 e. The van der Waals surface area contributed by atoms with Crippen LogP contribution in [0.5, 0.6) is 5.75 Å². The number of halogens is 3. The van der Waals surface area contributed by atoms with Crippen molar-refractivity contribution in [1.29, 1.82) is 0 Å². The molecule has 0 radical (unpaired) electrons. The molecule has 0 aliphatic rings. The van der Waals surface area contributed by atoms with Crippen LogP contribution in [0.4, 0.5) is 19.0 Å². The Morgan fingerprint density at radius 1 is 1.21 bits per heavy atom. The quantitative estimate of drug-likeness (QED) is 0.921. The summed E-state index contributed by atoms with van der Waals surface area (Å²) in [7, 11) is 0. The van der Waals surface area contributed by atoms with E-state index < -0.39 is 12.8 Å². The highest BCUT2D eigenvalue weighted by molar-refractivity contribution is 5.81. The highest BCUT2D eigenvalue weighted by Crippen LogP contribution is 2.23. The van der Waals surface area contributed by atoms with E-state index in [4.69, 9.17) is 0 Å². The van der Waals surface area contributed by atoms with Crippen molar-refractivity contribution < 1.29 is 17.9 Å². The van der Waals surface area contributed by atoms with Crippen LogP contribution in [0.2, 0.25) is 0 Å². The van der Waals surface area contributed by atoms with Crippen LogP contribution in [0.1, 0.15) is 6.92 Å². The van der Waals surface area contributed by atoms with Crippen LogP contribution in [-0.2, 0) is 0 Å². The Labute approximate surface area is 108 Å². The summed E-state index contributed by atoms with van der Waals surface area (Å²) < 4.78 is 40.8. The SMILES string of the molecule is CCNc1ccc2cc(OCC(F)(F)F)ccc2n1. The largest absolute Gasteiger partial charge is 0.484 e. The van der Waals surface area contributed by atoms with Gasteiger partial charge in [-0.2, -0.15) is 13.2 Å². The highest BCUT2D eigenvalue weighted by Gasteiger charge is 2.28. The van der Waals surface area contributed by atoms with Crippen LogP contribution in [0.15, 0.2) is 30.3 Å². The van der Waals surface area contributed by atoms with E-state index in [-0.39, 0.29) is 5.75 Å². The van der Waals surface area contributed by atoms with Gasteiger partial charge in [0, 0.05) is 11.9 Å². The smallest absolute Gasteiger partial charge is 0.422 e. The van der Waals surface area contributed by atoms with E-state index in [9.17, 15) is 13.2 Å². The second kappa shape index (κ2) is 5.34. The fraction of sp³-hybridized carbons (Fsp3) is 0.308. The summed E-state index contributed by atoms with van der Waals surface area (Å²) >= 11 is 0. The molecule has 2 rings (SSSR count). The lowest BCUT2D eigenvalue weighted by Gasteiger charge is -2.10. The Morgan fingerprint density at radius 3 is 2.68 bits per heavy atom. The van der Waals surface area contributed by atoms with Crippen LogP contribution in [0.3, 0.4) is 0 Å². The van der Waals surface area contributed by atoms with E-state index in [1.165, 1.54) is 6.07 Å². The molecule has 0 amide bonds. The maximum absolute atomic E-state index is 12.0. The summed E-state index contributed by atoms with van der Waals surface area (Å²) in [6.45, 7) is 1.42. The Kier molecular flexibility index (Phi) is 3.78. The molecule has 0 aliphatic carbocycles. The number of pyridine rings is 1. The zero-order valence-corrected chi connectivity index (χ0v) is 10.3. The van der Waals surface area contributed by atoms with Gasteiger partial charge in [0.25, 0.3) is 0 Å². The summed E-state index contributed by atoms with van der Waals surface area (Å²) in [5.74, 6) is 0.918. The van der Waals surface area contributed by atoms with Gasteiger partial charge in [-0.15, -0.1) is 0 Å². The second-order valence-corrected chi connectivity index (χ2v) is 3.99. The second-order valence-electron chi connectivity index (χ2n) is 3.99. The van der Waals surface area contributed by atoms with Crippen molar-refractivity contribution in [3.63, 3.8) is 0 Å². The number of alkyl halides is 3. The third kappa shape index (κ3) is 3.74. The summed E-state index contributed by atoms with van der Waals surface area (Å²) in [5.41, 5.74) is 0.706. The fourth-order valence-electron chi connectivity index (χ4n) is 1.64. The van der Waals surface area contributed by atoms with Gasteiger partial charge in [-0.1, -0.05) is 0 Å². The number of anilines is 1. The van der Waals surface area contributed by atoms with Crippen molar-refractivity contribution in [3.8, 4) is 5.75 Å². The molecule has 1 heterocycles. The summed E-state index contributed by atoms with van der Waals surface area (Å²) in [6.07, 6.45) is -4.33. The molecule has 0 atom stereocenters. The fourth-order valence-corrected chi connectivity index (χ4v) is 1.64. The molecule has 0 saturated heterocycles. The third-order valence-corrected chi connectivity index (χ3v) is 2.42. The molecule has 1 aromatic heterocycles. The van der Waals surface area contributed by atoms with E-state index in [1.54, 1.807) is 24.3 Å². The molecule has 0 spiro atoms. The van der Waals surface area contributed by atoms with Crippen LogP contribution in [0.25, 0.3) is 10.9 Å². The van der Waals surface area contributed by atoms with Gasteiger partial charge in [0.05, 0.1) is 5.52 Å². The van der Waals surface area contributed by atoms with E-state index in [2.05, 4.69) is 15.0 Å². The molecule has 0 saturated carbocycles. The first-order valence-corrected chi connectivity index (χ1v) is 5.82. The summed E-state index contributed by atoms with van der Waals surface area (Å²) in [4.78, 5) is 4.33. The average Bonchev–Trinajstić information content (AvgIpc) is 2.36. The van der Waals surface area contributed by atoms with Gasteiger partial charge in [-0.3, -0.25) is 0 Å². The van der Waals surface area contributed by atoms with Gasteiger partial charge < -0.3 is 10.1 Å². The molecule has 102 valence electrons. The molecule has 6 heteroatoms. The topological polar surface area (TPSA) is 34.1 Å². The Morgan fingerprint density at radius 2 is 2.00 bits per heavy atom. The number of rotatable bonds is 4. The molecule has 0 fully saturated rings. The van der Waals surface area contributed by atoms with Crippen molar-refractivity contribution >= 4 is 16.7 Å². The van der Waals surface area contributed by atoms with Crippen molar-refractivity contribution in [2.45, 2.75) is 13.1 Å². The highest BCUT2D eigenvalue weighted by atomic mass is 19.4. The van der Waals surface area contributed by atoms with Gasteiger partial charge in [0.15, 0.2) is 6.61 Å². The van der Waals surface area contributed by atoms with Gasteiger partial charge in [-0.25, -0.2) is 4.98 Å². The molecule has 0 unspecified atom stereocenters. The minimum absolute atomic E-state index is 0.183. The number of fused-ring (bicyclic) bond motifs is 1. The monoisotopic (exact) mass is 270 g/mol. The number of ether oxygens (including phenoxy) is 1. The third-order valence-electron chi connectivity index (χ3n) is 2.42. The molecule has 1 N–H and O–H groups in total. The minimum atomic E-state index is -4.33. The Balaban J connectivity index is 2.19. The Bertz CT molecular complexity index is 569. The number of aromatic nitrogens is 1. The predicted octanol–water partition coefficient (Wildman–Crippen LogP) is 3.61. The van der Waals surface area contributed by atoms with Gasteiger partial charge >= 0.3 is 6.18 Å². The minimum Gasteiger partial charge on any atom is -0.484 e. The van der Waals surface area contributed by atoms with Crippen LogP contribution >= 0.6 is 0 Å². The van der Waals surface area contributed by atoms with E-state index in [1.807, 2.05) is 6.92 Å². The van der Waals surface area contributed by atoms with Crippen molar-refractivity contribution in [3.05, 3.63) is 30.3 Å². The van der Waals surface area contributed by atoms with Crippen LogP contribution < -0.4 is 10.1 Å². The van der Waals surface area contributed by atoms with Crippen LogP contribution in [-0.4, -0.2) is 24.3 Å². The molecule has 0 aliphatic heterocycles. The number of benzene rings is 1. The first-order valence-electron chi connectivity index (χ1n) is 5.82. The number of nitrogens with zero attached hydrogens (tertiary/aromatic N) is 1. The lowest BCUT2D eigenvalue weighted by Crippen LogP contribution is -2.19. The molecule has 19 heavy (non-hydrogen) atoms. The van der Waals surface area contributed by atoms with E-state index >= 15 is 0 Å². The summed E-state index contributed by atoms with van der Waals surface area (Å²) in [6, 6.07) is 8.24. The first kappa shape index (κ1) is 13.5. The number of nitrogens with one attached hydrogen (secondary N) is 1. The summed E-state index contributed by atoms with van der Waals surface area (Å²) in [5, 5.41) is 3.81. The zero-order valence-electron chi connectivity index (χ0n) is 10.3. The van der Waals surface area contributed by atoms with E-state index in [0.717, 1.165) is 17.7 Å². The Hall–Kier alpha value is -1.98. The zero-order chi connectivity index (χ0) is 13.9. The van der Waals surface area contributed by atoms with Gasteiger partial charge in [0.2, 0.25) is 0 Å². The van der Waals surface area contributed by atoms with Crippen LogP contribution in [0, 0.1) is 0 Å². The number of hydrogen-bond acceptors (Lipinski definition) is 3. The van der Waals surface area contributed by atoms with Crippen molar-refractivity contribution in [1.82, 2.24) is 4.98 Å². The normalized spacial score (nSPS) is 11.6. The number of hydrogen-bond donors (Lipinski definition) is 1.